The van der Waals surface area contributed by atoms with E-state index in [1.807, 2.05) is 250 Å². The number of rotatable bonds is 31. The van der Waals surface area contributed by atoms with Crippen molar-refractivity contribution >= 4 is 0 Å². The second-order valence-electron chi connectivity index (χ2n) is 23.7. The SMILES string of the molecule is C[C@@H]1O[C@@H](O[C@H]2[C@H](OCCCO)O[C@@H]3COC(c4ccccc4)O[C@@H]3[C@@H]2O[C@H]2O[C@H](COCc3ccccc3)[C@H](OCc3ccccc3)[C@H](OCc3ccccc3)[C@H]2OCc2ccccc2)[C@@H](OCc2ccccc2)[C@H](OCc2ccccc2)[C@@H]1OCc1ccccc1. The maximum Gasteiger partial charge on any atom is 0.187 e. The van der Waals surface area contributed by atoms with Crippen LogP contribution >= 0.6 is 0 Å². The van der Waals surface area contributed by atoms with Gasteiger partial charge in [-0.3, -0.25) is 0 Å². The van der Waals surface area contributed by atoms with E-state index in [0.717, 1.165) is 44.5 Å². The zero-order valence-electron chi connectivity index (χ0n) is 52.4. The van der Waals surface area contributed by atoms with Crippen LogP contribution in [0.3, 0.4) is 0 Å². The summed E-state index contributed by atoms with van der Waals surface area (Å²) < 4.78 is 107. The molecule has 16 atom stereocenters. The van der Waals surface area contributed by atoms with Crippen molar-refractivity contribution in [3.63, 3.8) is 0 Å². The molecule has 8 aromatic rings. The van der Waals surface area contributed by atoms with Gasteiger partial charge in [-0.25, -0.2) is 0 Å². The molecule has 0 radical (unpaired) electrons. The zero-order chi connectivity index (χ0) is 63.2. The Bertz CT molecular complexity index is 3350. The highest BCUT2D eigenvalue weighted by atomic mass is 16.8. The summed E-state index contributed by atoms with van der Waals surface area (Å²) in [5.74, 6) is 0. The van der Waals surface area contributed by atoms with Crippen LogP contribution in [0.15, 0.2) is 243 Å². The monoisotopic (exact) mass is 1260 g/mol. The van der Waals surface area contributed by atoms with Gasteiger partial charge in [0.05, 0.1) is 72.2 Å². The molecular weight excluding hydrogens is 1180 g/mol. The lowest BCUT2D eigenvalue weighted by atomic mass is 9.94. The quantitative estimate of drug-likeness (QED) is 0.0409. The fourth-order valence-electron chi connectivity index (χ4n) is 12.2. The third kappa shape index (κ3) is 18.3. The molecular formula is C77H84O16. The Balaban J connectivity index is 0.961. The topological polar surface area (TPSA) is 159 Å². The molecule has 0 bridgehead atoms. The maximum atomic E-state index is 10.3. The number of hydrogen-bond donors (Lipinski definition) is 1. The second-order valence-corrected chi connectivity index (χ2v) is 23.7. The highest BCUT2D eigenvalue weighted by Crippen LogP contribution is 2.42. The van der Waals surface area contributed by atoms with Gasteiger partial charge in [-0.15, -0.1) is 0 Å². The van der Waals surface area contributed by atoms with Crippen LogP contribution in [0, 0.1) is 0 Å². The van der Waals surface area contributed by atoms with Crippen molar-refractivity contribution in [1.29, 1.82) is 0 Å². The Morgan fingerprint density at radius 3 is 1.18 bits per heavy atom. The van der Waals surface area contributed by atoms with Crippen LogP contribution in [0.2, 0.25) is 0 Å². The Hall–Kier alpha value is -6.88. The highest BCUT2D eigenvalue weighted by molar-refractivity contribution is 5.21. The molecule has 1 N–H and O–H groups in total. The third-order valence-corrected chi connectivity index (χ3v) is 16.9. The summed E-state index contributed by atoms with van der Waals surface area (Å²) in [4.78, 5) is 0. The Labute approximate surface area is 545 Å². The number of hydrogen-bond acceptors (Lipinski definition) is 16. The molecule has 1 unspecified atom stereocenters. The largest absolute Gasteiger partial charge is 0.396 e. The van der Waals surface area contributed by atoms with Crippen LogP contribution in [0.1, 0.15) is 64.1 Å². The van der Waals surface area contributed by atoms with Crippen molar-refractivity contribution in [1.82, 2.24) is 0 Å². The fraction of sp³-hybridized carbons (Fsp3) is 0.377. The van der Waals surface area contributed by atoms with Crippen molar-refractivity contribution in [3.05, 3.63) is 287 Å². The van der Waals surface area contributed by atoms with Crippen LogP contribution < -0.4 is 0 Å². The lowest BCUT2D eigenvalue weighted by molar-refractivity contribution is -0.419. The van der Waals surface area contributed by atoms with Gasteiger partial charge in [-0.05, 0) is 52.3 Å². The number of aliphatic hydroxyl groups excluding tert-OH is 1. The summed E-state index contributed by atoms with van der Waals surface area (Å²) in [6.45, 7) is 3.62. The highest BCUT2D eigenvalue weighted by Gasteiger charge is 2.58. The normalized spacial score (nSPS) is 27.9. The first-order chi connectivity index (χ1) is 46.0. The van der Waals surface area contributed by atoms with Crippen molar-refractivity contribution in [2.75, 3.05) is 26.4 Å². The number of benzene rings is 8. The van der Waals surface area contributed by atoms with E-state index in [4.69, 9.17) is 71.1 Å². The van der Waals surface area contributed by atoms with E-state index in [2.05, 4.69) is 0 Å². The average molecular weight is 1270 g/mol. The summed E-state index contributed by atoms with van der Waals surface area (Å²) in [5, 5.41) is 10.3. The number of aliphatic hydroxyl groups is 1. The molecule has 0 aliphatic carbocycles. The standard InChI is InChI=1S/C77H84O16/c1-54-65(81-46-56-29-12-3-13-30-56)68(83-48-58-33-16-5-17-34-58)71(85-50-60-37-20-7-21-38-60)76(88-54)93-73-70(67-64(89-75(73)80-44-26-43-78)53-87-74(91-67)62-41-24-9-25-42-62)92-77-72(86-51-61-39-22-8-23-40-61)69(84-49-59-35-18-6-19-36-59)66(82-47-57-31-14-4-15-32-57)63(90-77)52-79-45-55-27-10-2-11-28-55/h2-25,27-42,54,63-78H,26,43-53H2,1H3/t54-,63+,64+,65+,66-,67-,68+,69-,70-,71-,72+,73+,74?,75+,76-,77+/m0/s1. The molecule has 488 valence electrons. The van der Waals surface area contributed by atoms with E-state index in [1.54, 1.807) is 0 Å². The van der Waals surface area contributed by atoms with Gasteiger partial charge in [0.25, 0.3) is 0 Å². The van der Waals surface area contributed by atoms with Crippen molar-refractivity contribution in [2.45, 2.75) is 158 Å². The number of fused-ring (bicyclic) bond motifs is 1. The summed E-state index contributed by atoms with van der Waals surface area (Å²) in [5.41, 5.74) is 7.45. The molecule has 0 spiro atoms. The third-order valence-electron chi connectivity index (χ3n) is 16.9. The summed E-state index contributed by atoms with van der Waals surface area (Å²) in [7, 11) is 0. The Morgan fingerprint density at radius 1 is 0.355 bits per heavy atom. The first-order valence-corrected chi connectivity index (χ1v) is 32.4. The van der Waals surface area contributed by atoms with E-state index in [0.29, 0.717) is 13.0 Å². The Morgan fingerprint density at radius 2 is 0.731 bits per heavy atom. The first-order valence-electron chi connectivity index (χ1n) is 32.4. The molecule has 8 aromatic carbocycles. The van der Waals surface area contributed by atoms with Gasteiger partial charge in [-0.1, -0.05) is 243 Å². The predicted molar refractivity (Wildman–Crippen MR) is 345 cm³/mol. The van der Waals surface area contributed by atoms with Gasteiger partial charge < -0.3 is 76.2 Å². The van der Waals surface area contributed by atoms with E-state index in [1.165, 1.54) is 0 Å². The van der Waals surface area contributed by atoms with E-state index in [-0.39, 0.29) is 66.1 Å². The zero-order valence-corrected chi connectivity index (χ0v) is 52.4. The molecule has 12 rings (SSSR count). The maximum absolute atomic E-state index is 10.3. The van der Waals surface area contributed by atoms with Gasteiger partial charge in [0.2, 0.25) is 0 Å². The molecule has 0 saturated carbocycles. The molecule has 16 nitrogen and oxygen atoms in total. The van der Waals surface area contributed by atoms with E-state index in [9.17, 15) is 5.11 Å². The van der Waals surface area contributed by atoms with Crippen molar-refractivity contribution in [3.8, 4) is 0 Å². The van der Waals surface area contributed by atoms with Crippen molar-refractivity contribution < 1.29 is 76.2 Å². The molecule has 93 heavy (non-hydrogen) atoms. The molecule has 4 heterocycles. The van der Waals surface area contributed by atoms with E-state index < -0.39 is 98.4 Å². The molecule has 16 heteroatoms. The second kappa shape index (κ2) is 34.5. The lowest BCUT2D eigenvalue weighted by Gasteiger charge is -2.53. The van der Waals surface area contributed by atoms with Gasteiger partial charge in [0.15, 0.2) is 25.2 Å². The molecule has 4 aliphatic rings. The van der Waals surface area contributed by atoms with Gasteiger partial charge in [0.1, 0.15) is 67.1 Å². The smallest absolute Gasteiger partial charge is 0.187 e. The van der Waals surface area contributed by atoms with Crippen LogP contribution in [0.5, 0.6) is 0 Å². The first kappa shape index (κ1) is 66.2. The minimum atomic E-state index is -1.25. The van der Waals surface area contributed by atoms with Crippen molar-refractivity contribution in [2.24, 2.45) is 0 Å². The van der Waals surface area contributed by atoms with Crippen LogP contribution in [-0.2, 0) is 117 Å². The van der Waals surface area contributed by atoms with Crippen LogP contribution in [-0.4, -0.2) is 124 Å². The van der Waals surface area contributed by atoms with Crippen LogP contribution in [0.25, 0.3) is 0 Å². The summed E-state index contributed by atoms with van der Waals surface area (Å²) >= 11 is 0. The molecule has 4 fully saturated rings. The Kier molecular flexibility index (Phi) is 24.5. The minimum absolute atomic E-state index is 0.0734. The lowest BCUT2D eigenvalue weighted by Crippen LogP contribution is -2.69. The molecule has 0 aromatic heterocycles. The van der Waals surface area contributed by atoms with E-state index >= 15 is 0 Å². The molecule has 4 saturated heterocycles. The van der Waals surface area contributed by atoms with Gasteiger partial charge in [-0.2, -0.15) is 0 Å². The molecule has 4 aliphatic heterocycles. The molecule has 0 amide bonds. The van der Waals surface area contributed by atoms with Gasteiger partial charge in [0, 0.05) is 12.2 Å². The summed E-state index contributed by atoms with van der Waals surface area (Å²) in [6, 6.07) is 79.7. The fourth-order valence-corrected chi connectivity index (χ4v) is 12.2. The minimum Gasteiger partial charge on any atom is -0.396 e. The average Bonchev–Trinajstić information content (AvgIpc) is 0.797. The predicted octanol–water partition coefficient (Wildman–Crippen LogP) is 12.2. The van der Waals surface area contributed by atoms with Gasteiger partial charge >= 0.3 is 0 Å². The van der Waals surface area contributed by atoms with Crippen LogP contribution in [0.4, 0.5) is 0 Å². The number of ether oxygens (including phenoxy) is 15. The summed E-state index contributed by atoms with van der Waals surface area (Å²) in [6.07, 6.45) is -14.7.